The van der Waals surface area contributed by atoms with Crippen LogP contribution in [0.3, 0.4) is 0 Å². The van der Waals surface area contributed by atoms with Crippen molar-refractivity contribution in [2.45, 2.75) is 25.2 Å². The summed E-state index contributed by atoms with van der Waals surface area (Å²) in [7, 11) is -5.31. The standard InChI is InChI=1S/C22H28O2Si3/c1-26(2,23)19-18-25-24-27(20-12-6-3-7-13-20,21-14-8-4-9-15-21)22-16-10-5-11-17-22/h3-17,23H,18-19,25H2,1-2H3. The quantitative estimate of drug-likeness (QED) is 0.352. The van der Waals surface area contributed by atoms with Crippen LogP contribution in [0.25, 0.3) is 0 Å². The number of benzene rings is 3. The van der Waals surface area contributed by atoms with Crippen molar-refractivity contribution < 1.29 is 8.91 Å². The van der Waals surface area contributed by atoms with Crippen LogP contribution in [0, 0.1) is 0 Å². The van der Waals surface area contributed by atoms with Crippen molar-refractivity contribution in [1.82, 2.24) is 0 Å². The van der Waals surface area contributed by atoms with Crippen molar-refractivity contribution in [2.24, 2.45) is 0 Å². The molecule has 0 saturated heterocycles. The van der Waals surface area contributed by atoms with Crippen LogP contribution in [0.1, 0.15) is 0 Å². The van der Waals surface area contributed by atoms with Crippen LogP contribution in [0.15, 0.2) is 91.0 Å². The van der Waals surface area contributed by atoms with E-state index in [-0.39, 0.29) is 0 Å². The van der Waals surface area contributed by atoms with Gasteiger partial charge in [-0.25, -0.2) is 0 Å². The van der Waals surface area contributed by atoms with Crippen LogP contribution in [0.2, 0.25) is 25.2 Å². The molecule has 0 radical (unpaired) electrons. The Morgan fingerprint density at radius 2 is 1.07 bits per heavy atom. The van der Waals surface area contributed by atoms with Crippen molar-refractivity contribution in [3.05, 3.63) is 91.0 Å². The molecule has 140 valence electrons. The zero-order chi connectivity index (χ0) is 19.2. The topological polar surface area (TPSA) is 29.5 Å². The zero-order valence-corrected chi connectivity index (χ0v) is 19.6. The van der Waals surface area contributed by atoms with E-state index in [1.165, 1.54) is 15.6 Å². The van der Waals surface area contributed by atoms with Crippen LogP contribution in [-0.2, 0) is 4.12 Å². The zero-order valence-electron chi connectivity index (χ0n) is 16.1. The minimum absolute atomic E-state index is 0.768. The highest BCUT2D eigenvalue weighted by Crippen LogP contribution is 2.12. The van der Waals surface area contributed by atoms with Crippen LogP contribution >= 0.6 is 0 Å². The summed E-state index contributed by atoms with van der Waals surface area (Å²) in [6.07, 6.45) is 0. The predicted octanol–water partition coefficient (Wildman–Crippen LogP) is 2.37. The Hall–Kier alpha value is -1.77. The molecule has 0 aliphatic heterocycles. The minimum atomic E-state index is -2.52. The van der Waals surface area contributed by atoms with E-state index in [4.69, 9.17) is 4.12 Å². The van der Waals surface area contributed by atoms with Crippen molar-refractivity contribution in [1.29, 1.82) is 0 Å². The molecule has 3 rings (SSSR count). The second-order valence-corrected chi connectivity index (χ2v) is 17.0. The van der Waals surface area contributed by atoms with Gasteiger partial charge in [0.05, 0.1) is 0 Å². The summed E-state index contributed by atoms with van der Waals surface area (Å²) in [6, 6.07) is 34.1. The van der Waals surface area contributed by atoms with Crippen LogP contribution in [-0.4, -0.2) is 31.2 Å². The van der Waals surface area contributed by atoms with E-state index in [1.54, 1.807) is 0 Å². The van der Waals surface area contributed by atoms with Gasteiger partial charge in [0.15, 0.2) is 8.32 Å². The summed E-state index contributed by atoms with van der Waals surface area (Å²) in [4.78, 5) is 10.2. The van der Waals surface area contributed by atoms with Gasteiger partial charge >= 0.3 is 0 Å². The molecule has 0 aliphatic carbocycles. The number of hydrogen-bond donors (Lipinski definition) is 1. The van der Waals surface area contributed by atoms with Gasteiger partial charge in [0, 0.05) is 0 Å². The molecular weight excluding hydrogens is 380 g/mol. The third-order valence-electron chi connectivity index (χ3n) is 4.79. The summed E-state index contributed by atoms with van der Waals surface area (Å²) >= 11 is 0. The molecule has 0 heterocycles. The summed E-state index contributed by atoms with van der Waals surface area (Å²) in [5.74, 6) is 0. The lowest BCUT2D eigenvalue weighted by atomic mass is 10.3. The van der Waals surface area contributed by atoms with E-state index in [2.05, 4.69) is 91.0 Å². The largest absolute Gasteiger partial charge is 0.451 e. The van der Waals surface area contributed by atoms with E-state index in [0.717, 1.165) is 12.1 Å². The smallest absolute Gasteiger partial charge is 0.277 e. The Labute approximate surface area is 167 Å². The van der Waals surface area contributed by atoms with E-state index in [9.17, 15) is 4.80 Å². The molecule has 3 aromatic carbocycles. The third-order valence-corrected chi connectivity index (χ3v) is 13.7. The molecule has 0 amide bonds. The summed E-state index contributed by atoms with van der Waals surface area (Å²) in [5.41, 5.74) is 0. The van der Waals surface area contributed by atoms with Gasteiger partial charge in [0.1, 0.15) is 9.76 Å². The predicted molar refractivity (Wildman–Crippen MR) is 123 cm³/mol. The maximum Gasteiger partial charge on any atom is 0.277 e. The molecule has 0 saturated carbocycles. The van der Waals surface area contributed by atoms with Gasteiger partial charge in [-0.15, -0.1) is 0 Å². The van der Waals surface area contributed by atoms with Gasteiger partial charge in [0.25, 0.3) is 8.32 Å². The fourth-order valence-electron chi connectivity index (χ4n) is 3.50. The fraction of sp³-hybridized carbons (Fsp3) is 0.182. The van der Waals surface area contributed by atoms with Gasteiger partial charge in [-0.3, -0.25) is 0 Å². The van der Waals surface area contributed by atoms with E-state index >= 15 is 0 Å². The van der Waals surface area contributed by atoms with Crippen LogP contribution in [0.4, 0.5) is 0 Å². The molecule has 5 heteroatoms. The highest BCUT2D eigenvalue weighted by molar-refractivity contribution is 7.08. The minimum Gasteiger partial charge on any atom is -0.451 e. The lowest BCUT2D eigenvalue weighted by molar-refractivity contribution is 0.548. The third kappa shape index (κ3) is 4.94. The van der Waals surface area contributed by atoms with E-state index in [0.29, 0.717) is 0 Å². The number of rotatable bonds is 8. The van der Waals surface area contributed by atoms with Crippen molar-refractivity contribution in [3.8, 4) is 0 Å². The first-order valence-corrected chi connectivity index (χ1v) is 16.2. The summed E-state index contributed by atoms with van der Waals surface area (Å²) < 4.78 is 6.97. The second kappa shape index (κ2) is 8.95. The summed E-state index contributed by atoms with van der Waals surface area (Å²) in [6.45, 7) is 4.02. The maximum atomic E-state index is 10.2. The highest BCUT2D eigenvalue weighted by Gasteiger charge is 2.41. The fourth-order valence-corrected chi connectivity index (χ4v) is 14.3. The van der Waals surface area contributed by atoms with Gasteiger partial charge in [-0.2, -0.15) is 0 Å². The first-order valence-electron chi connectivity index (χ1n) is 9.55. The molecule has 0 fully saturated rings. The first-order chi connectivity index (χ1) is 13.0. The average Bonchev–Trinajstić information content (AvgIpc) is 2.70. The first kappa shape index (κ1) is 20.0. The molecule has 0 aromatic heterocycles. The SMILES string of the molecule is C[Si](C)(O)CC[SiH2]O[Si](c1ccccc1)(c1ccccc1)c1ccccc1. The Morgan fingerprint density at radius 1 is 0.704 bits per heavy atom. The molecule has 2 nitrogen and oxygen atoms in total. The molecular formula is C22H28O2Si3. The molecule has 0 atom stereocenters. The molecule has 0 unspecified atom stereocenters. The molecule has 0 bridgehead atoms. The van der Waals surface area contributed by atoms with Gasteiger partial charge in [0.2, 0.25) is 0 Å². The normalized spacial score (nSPS) is 12.6. The molecule has 0 spiro atoms. The van der Waals surface area contributed by atoms with Crippen LogP contribution < -0.4 is 15.6 Å². The van der Waals surface area contributed by atoms with Crippen molar-refractivity contribution in [2.75, 3.05) is 0 Å². The van der Waals surface area contributed by atoms with E-state index < -0.39 is 26.4 Å². The monoisotopic (exact) mass is 408 g/mol. The second-order valence-electron chi connectivity index (χ2n) is 7.54. The van der Waals surface area contributed by atoms with Gasteiger partial charge in [-0.05, 0) is 40.7 Å². The highest BCUT2D eigenvalue weighted by atomic mass is 28.4. The molecule has 27 heavy (non-hydrogen) atoms. The van der Waals surface area contributed by atoms with Gasteiger partial charge in [-0.1, -0.05) is 91.0 Å². The average molecular weight is 409 g/mol. The lowest BCUT2D eigenvalue weighted by Crippen LogP contribution is -2.69. The van der Waals surface area contributed by atoms with Crippen molar-refractivity contribution in [3.63, 3.8) is 0 Å². The van der Waals surface area contributed by atoms with Crippen molar-refractivity contribution >= 4 is 42.0 Å². The Bertz CT molecular complexity index is 722. The lowest BCUT2D eigenvalue weighted by Gasteiger charge is -2.34. The Balaban J connectivity index is 2.06. The molecule has 3 aromatic rings. The Morgan fingerprint density at radius 3 is 1.41 bits per heavy atom. The molecule has 0 aliphatic rings. The number of hydrogen-bond acceptors (Lipinski definition) is 2. The molecule has 1 N–H and O–H groups in total. The van der Waals surface area contributed by atoms with Crippen LogP contribution in [0.5, 0.6) is 0 Å². The van der Waals surface area contributed by atoms with E-state index in [1.807, 2.05) is 13.1 Å². The maximum absolute atomic E-state index is 10.2. The summed E-state index contributed by atoms with van der Waals surface area (Å²) in [5, 5.41) is 3.86. The Kier molecular flexibility index (Phi) is 6.62. The van der Waals surface area contributed by atoms with Gasteiger partial charge < -0.3 is 8.91 Å².